The van der Waals surface area contributed by atoms with Crippen molar-refractivity contribution in [1.29, 1.82) is 0 Å². The topological polar surface area (TPSA) is 16.1 Å². The van der Waals surface area contributed by atoms with Crippen LogP contribution in [0.5, 0.6) is 0 Å². The van der Waals surface area contributed by atoms with Crippen LogP contribution in [0.1, 0.15) is 11.5 Å². The molecule has 0 amide bonds. The summed E-state index contributed by atoms with van der Waals surface area (Å²) in [4.78, 5) is 7.49. The van der Waals surface area contributed by atoms with Crippen LogP contribution in [0, 0.1) is 0 Å². The molecule has 0 spiro atoms. The van der Waals surface area contributed by atoms with Crippen LogP contribution in [-0.4, -0.2) is 11.0 Å². The van der Waals surface area contributed by atoms with Crippen LogP contribution in [0.25, 0.3) is 74.7 Å². The molecule has 234 valence electrons. The first-order valence-electron chi connectivity index (χ1n) is 17.3. The Morgan fingerprint density at radius 3 is 1.88 bits per heavy atom. The predicted octanol–water partition coefficient (Wildman–Crippen LogP) is 13.0. The quantitative estimate of drug-likeness (QED) is 0.176. The van der Waals surface area contributed by atoms with Gasteiger partial charge in [-0.3, -0.25) is 0 Å². The lowest BCUT2D eigenvalue weighted by Crippen LogP contribution is -2.29. The number of fused-ring (bicyclic) bond motifs is 12. The van der Waals surface area contributed by atoms with Gasteiger partial charge < -0.3 is 4.90 Å². The van der Waals surface area contributed by atoms with Gasteiger partial charge in [0.25, 0.3) is 0 Å². The van der Waals surface area contributed by atoms with Crippen LogP contribution in [0.4, 0.5) is 11.5 Å². The predicted molar refractivity (Wildman–Crippen MR) is 214 cm³/mol. The highest BCUT2D eigenvalue weighted by molar-refractivity contribution is 7.26. The molecule has 3 heteroatoms. The van der Waals surface area contributed by atoms with Gasteiger partial charge in [0, 0.05) is 33.3 Å². The van der Waals surface area contributed by atoms with Gasteiger partial charge in [-0.15, -0.1) is 11.3 Å². The molecule has 9 aromatic rings. The molecule has 0 bridgehead atoms. The van der Waals surface area contributed by atoms with Gasteiger partial charge in [0.1, 0.15) is 0 Å². The van der Waals surface area contributed by atoms with Crippen molar-refractivity contribution in [2.24, 2.45) is 0 Å². The minimum absolute atomic E-state index is 0.228. The van der Waals surface area contributed by atoms with Crippen LogP contribution in [0.15, 0.2) is 170 Å². The van der Waals surface area contributed by atoms with E-state index < -0.39 is 0 Å². The Labute approximate surface area is 293 Å². The Balaban J connectivity index is 1.02. The lowest BCUT2D eigenvalue weighted by Gasteiger charge is -2.28. The fourth-order valence-corrected chi connectivity index (χ4v) is 9.71. The molecule has 0 N–H and O–H groups in total. The molecular formula is C47H30N2S. The summed E-state index contributed by atoms with van der Waals surface area (Å²) >= 11 is 1.85. The van der Waals surface area contributed by atoms with Crippen LogP contribution in [0.2, 0.25) is 0 Å². The summed E-state index contributed by atoms with van der Waals surface area (Å²) in [5, 5.41) is 10.3. The van der Waals surface area contributed by atoms with E-state index in [-0.39, 0.29) is 6.04 Å². The largest absolute Gasteiger partial charge is 0.317 e. The molecule has 0 fully saturated rings. The van der Waals surface area contributed by atoms with Crippen LogP contribution < -0.4 is 4.90 Å². The van der Waals surface area contributed by atoms with E-state index in [2.05, 4.69) is 169 Å². The maximum Gasteiger partial charge on any atom is 0.151 e. The number of pyridine rings is 1. The molecule has 0 saturated heterocycles. The lowest BCUT2D eigenvalue weighted by atomic mass is 9.91. The molecule has 50 heavy (non-hydrogen) atoms. The van der Waals surface area contributed by atoms with Gasteiger partial charge in [-0.2, -0.15) is 0 Å². The van der Waals surface area contributed by atoms with Gasteiger partial charge >= 0.3 is 0 Å². The molecule has 7 aromatic carbocycles. The molecule has 2 atom stereocenters. The van der Waals surface area contributed by atoms with Gasteiger partial charge in [0.05, 0.1) is 10.7 Å². The molecule has 2 aromatic heterocycles. The van der Waals surface area contributed by atoms with E-state index in [0.717, 1.165) is 5.82 Å². The molecule has 0 saturated carbocycles. The van der Waals surface area contributed by atoms with Gasteiger partial charge in [-0.05, 0) is 96.5 Å². The number of hydrogen-bond acceptors (Lipinski definition) is 3. The number of anilines is 2. The van der Waals surface area contributed by atoms with Crippen molar-refractivity contribution < 1.29 is 0 Å². The second-order valence-corrected chi connectivity index (χ2v) is 14.5. The molecular weight excluding hydrogens is 625 g/mol. The molecule has 0 radical (unpaired) electrons. The Kier molecular flexibility index (Phi) is 5.98. The Morgan fingerprint density at radius 1 is 0.480 bits per heavy atom. The van der Waals surface area contributed by atoms with Gasteiger partial charge in [-0.25, -0.2) is 4.98 Å². The standard InChI is InChI=1S/C47H30N2S/c1-2-14-35-33(12-1)34-13-3-4-15-36(34)41-27-31(20-22-37(35)41)29-10-9-11-30(26-29)32-21-23-45-42(28-32)40-24-25-48-47(46(40)50-45)49-43-18-7-5-16-38(43)39-17-6-8-19-44(39)49/h1-28,38,43H. The normalized spacial score (nSPS) is 16.6. The van der Waals surface area contributed by atoms with Crippen molar-refractivity contribution in [3.63, 3.8) is 0 Å². The third kappa shape index (κ3) is 4.05. The zero-order valence-corrected chi connectivity index (χ0v) is 27.9. The summed E-state index contributed by atoms with van der Waals surface area (Å²) in [6.07, 6.45) is 11.0. The number of nitrogens with zero attached hydrogens (tertiary/aromatic N) is 2. The van der Waals surface area contributed by atoms with Crippen molar-refractivity contribution in [1.82, 2.24) is 4.98 Å². The number of para-hydroxylation sites is 1. The van der Waals surface area contributed by atoms with E-state index in [1.165, 1.54) is 86.0 Å². The van der Waals surface area contributed by atoms with E-state index in [1.54, 1.807) is 0 Å². The van der Waals surface area contributed by atoms with E-state index in [0.29, 0.717) is 5.92 Å². The van der Waals surface area contributed by atoms with Crippen LogP contribution in [-0.2, 0) is 0 Å². The Hall–Kier alpha value is -6.03. The Bertz CT molecular complexity index is 2880. The maximum absolute atomic E-state index is 5.04. The Morgan fingerprint density at radius 2 is 1.10 bits per heavy atom. The number of hydrogen-bond donors (Lipinski definition) is 0. The van der Waals surface area contributed by atoms with Crippen molar-refractivity contribution in [2.45, 2.75) is 12.0 Å². The monoisotopic (exact) mass is 654 g/mol. The number of allylic oxidation sites excluding steroid dienone is 2. The lowest BCUT2D eigenvalue weighted by molar-refractivity contribution is 0.740. The average Bonchev–Trinajstić information content (AvgIpc) is 3.73. The summed E-state index contributed by atoms with van der Waals surface area (Å²) in [5.74, 6) is 1.38. The maximum atomic E-state index is 5.04. The van der Waals surface area contributed by atoms with Gasteiger partial charge in [-0.1, -0.05) is 127 Å². The fourth-order valence-electron chi connectivity index (χ4n) is 8.54. The number of thiophene rings is 1. The van der Waals surface area contributed by atoms with Crippen molar-refractivity contribution in [3.05, 3.63) is 176 Å². The summed E-state index contributed by atoms with van der Waals surface area (Å²) in [6.45, 7) is 0. The summed E-state index contributed by atoms with van der Waals surface area (Å²) in [7, 11) is 0. The minimum atomic E-state index is 0.228. The first kappa shape index (κ1) is 27.9. The molecule has 11 rings (SSSR count). The first-order valence-corrected chi connectivity index (χ1v) is 18.1. The number of benzene rings is 7. The molecule has 3 heterocycles. The van der Waals surface area contributed by atoms with E-state index >= 15 is 0 Å². The zero-order chi connectivity index (χ0) is 32.8. The van der Waals surface area contributed by atoms with Crippen molar-refractivity contribution >= 4 is 75.3 Å². The van der Waals surface area contributed by atoms with Crippen molar-refractivity contribution in [2.75, 3.05) is 4.90 Å². The molecule has 2 unspecified atom stereocenters. The second-order valence-electron chi connectivity index (χ2n) is 13.5. The molecule has 1 aliphatic heterocycles. The molecule has 1 aliphatic carbocycles. The highest BCUT2D eigenvalue weighted by Crippen LogP contribution is 2.50. The minimum Gasteiger partial charge on any atom is -0.317 e. The van der Waals surface area contributed by atoms with Crippen molar-refractivity contribution in [3.8, 4) is 22.3 Å². The summed E-state index contributed by atoms with van der Waals surface area (Å²) < 4.78 is 2.52. The molecule has 2 nitrogen and oxygen atoms in total. The smallest absolute Gasteiger partial charge is 0.151 e. The van der Waals surface area contributed by atoms with Gasteiger partial charge in [0.15, 0.2) is 5.82 Å². The second kappa shape index (κ2) is 10.7. The average molecular weight is 655 g/mol. The van der Waals surface area contributed by atoms with E-state index in [1.807, 2.05) is 17.5 Å². The number of rotatable bonds is 3. The SMILES string of the molecule is C1=CC2c3ccccc3N(c3nccc4c3sc3ccc(-c5cccc(-c6ccc7c8ccccc8c8ccccc8c7c6)c5)cc34)C2C=C1. The molecule has 2 aliphatic rings. The van der Waals surface area contributed by atoms with E-state index in [9.17, 15) is 0 Å². The van der Waals surface area contributed by atoms with E-state index in [4.69, 9.17) is 4.98 Å². The third-order valence-corrected chi connectivity index (χ3v) is 12.0. The third-order valence-electron chi connectivity index (χ3n) is 10.8. The highest BCUT2D eigenvalue weighted by Gasteiger charge is 2.38. The summed E-state index contributed by atoms with van der Waals surface area (Å²) in [5.41, 5.74) is 7.52. The zero-order valence-electron chi connectivity index (χ0n) is 27.1. The highest BCUT2D eigenvalue weighted by atomic mass is 32.1. The first-order chi connectivity index (χ1) is 24.8. The summed E-state index contributed by atoms with van der Waals surface area (Å²) in [6, 6.07) is 51.7. The fraction of sp³-hybridized carbons (Fsp3) is 0.0426. The number of aromatic nitrogens is 1. The van der Waals surface area contributed by atoms with Gasteiger partial charge in [0.2, 0.25) is 0 Å². The van der Waals surface area contributed by atoms with Crippen LogP contribution in [0.3, 0.4) is 0 Å². The van der Waals surface area contributed by atoms with Crippen LogP contribution >= 0.6 is 11.3 Å².